The Bertz CT molecular complexity index is 6190. The van der Waals surface area contributed by atoms with Gasteiger partial charge in [0.05, 0.1) is 0 Å². The van der Waals surface area contributed by atoms with Gasteiger partial charge in [-0.3, -0.25) is 0 Å². The Morgan fingerprint density at radius 1 is 0.368 bits per heavy atom. The van der Waals surface area contributed by atoms with Gasteiger partial charge in [0, 0.05) is 99.9 Å². The maximum Gasteiger partial charge on any atom is 0.213 e. The lowest BCUT2D eigenvalue weighted by Crippen LogP contribution is -2.32. The molecule has 14 rings (SSSR count). The molecule has 0 N–H and O–H groups in total. The van der Waals surface area contributed by atoms with E-state index in [0.29, 0.717) is 33.5 Å². The molecule has 0 atom stereocenters. The number of hydrogen-bond donors (Lipinski definition) is 0. The summed E-state index contributed by atoms with van der Waals surface area (Å²) in [7, 11) is 7.59. The van der Waals surface area contributed by atoms with Crippen LogP contribution in [0.25, 0.3) is 101 Å². The Morgan fingerprint density at radius 3 is 1.12 bits per heavy atom. The summed E-state index contributed by atoms with van der Waals surface area (Å²) in [6, 6.07) is 74.2. The van der Waals surface area contributed by atoms with Crippen LogP contribution in [0.4, 0.5) is 0 Å². The van der Waals surface area contributed by atoms with Gasteiger partial charge >= 0.3 is 0 Å². The molecule has 1 aliphatic rings. The molecule has 4 heteroatoms. The van der Waals surface area contributed by atoms with E-state index in [4.69, 9.17) is 30.2 Å². The first kappa shape index (κ1) is 52.5. The molecule has 0 aliphatic heterocycles. The molecule has 0 saturated heterocycles. The Labute approximate surface area is 667 Å². The van der Waals surface area contributed by atoms with Crippen molar-refractivity contribution in [3.8, 4) is 101 Å². The number of aryl methyl sites for hydroxylation is 10. The van der Waals surface area contributed by atoms with Crippen molar-refractivity contribution in [2.75, 3.05) is 0 Å². The zero-order valence-electron chi connectivity index (χ0n) is 85.7. The first-order valence-electron chi connectivity index (χ1n) is 47.5. The molecule has 1 saturated carbocycles. The fourth-order valence-corrected chi connectivity index (χ4v) is 14.4. The Hall–Kier alpha value is -10.4. The second-order valence-electron chi connectivity index (χ2n) is 29.0. The number of hydrogen-bond acceptors (Lipinski definition) is 0. The van der Waals surface area contributed by atoms with Crippen LogP contribution in [-0.4, -0.2) is 0 Å². The van der Waals surface area contributed by atoms with E-state index < -0.39 is 64.7 Å². The van der Waals surface area contributed by atoms with E-state index in [0.717, 1.165) is 132 Å². The van der Waals surface area contributed by atoms with Crippen LogP contribution in [0, 0.1) is 74.2 Å². The van der Waals surface area contributed by atoms with Crippen molar-refractivity contribution in [3.05, 3.63) is 334 Å². The monoisotopic (exact) mass is 1420 g/mol. The van der Waals surface area contributed by atoms with Crippen LogP contribution in [0.2, 0.25) is 0 Å². The SMILES string of the molecule is [2H]C([2H])([2H])c1ccccc1-c1cccc(-c2cc(-c3ccccc3)cc[n+]2C)c1C.[2H]C([2H])([2H])c1ccccc1-c1cccc(-c2cc(C([2H])(C)C)c(C([2H])([2H])[2H])c[n+]2C)c1C.[2H]C([2H])([2H])c1ccccc1-c1cccc(-c2cc(C([2H])([2H])C(C)(C)C)c(C([2H])([2H])[2H])c[n+]2C)c1C.[2H]C([2H])([2H])c1ccccc1-c1cccc(-c2cc(C3([2H])CCCCC3)cc[n+]2C)c1C. The van der Waals surface area contributed by atoms with Gasteiger partial charge in [-0.05, 0) is 246 Å². The predicted molar refractivity (Wildman–Crippen MR) is 450 cm³/mol. The smallest absolute Gasteiger partial charge is 0.201 e. The summed E-state index contributed by atoms with van der Waals surface area (Å²) < 4.78 is 186. The van der Waals surface area contributed by atoms with Crippen LogP contribution < -0.4 is 18.3 Å². The molecule has 9 aromatic carbocycles. The minimum Gasteiger partial charge on any atom is -0.201 e. The van der Waals surface area contributed by atoms with Gasteiger partial charge in [-0.15, -0.1) is 0 Å². The molecule has 538 valence electrons. The third-order valence-electron chi connectivity index (χ3n) is 20.2. The lowest BCUT2D eigenvalue weighted by Gasteiger charge is -2.22. The Balaban J connectivity index is 0.000000166. The zero-order valence-corrected chi connectivity index (χ0v) is 63.7. The van der Waals surface area contributed by atoms with E-state index in [2.05, 4.69) is 83.9 Å². The molecule has 13 aromatic rings. The molecule has 4 aromatic heterocycles. The van der Waals surface area contributed by atoms with Crippen LogP contribution in [0.5, 0.6) is 0 Å². The fraction of sp³-hybridized carbons (Fsp3) is 0.275. The average molecular weight is 1420 g/mol. The molecule has 0 unspecified atom stereocenters. The molecule has 4 heterocycles. The molecule has 106 heavy (non-hydrogen) atoms. The van der Waals surface area contributed by atoms with Gasteiger partial charge in [0.25, 0.3) is 0 Å². The minimum absolute atomic E-state index is 0.0229. The maximum atomic E-state index is 9.05. The molecule has 0 amide bonds. The summed E-state index contributed by atoms with van der Waals surface area (Å²) in [6.07, 6.45) is 10.5. The molecule has 1 fully saturated rings. The third-order valence-corrected chi connectivity index (χ3v) is 20.2. The van der Waals surface area contributed by atoms with E-state index in [1.807, 2.05) is 143 Å². The van der Waals surface area contributed by atoms with E-state index in [9.17, 15) is 0 Å². The quantitative estimate of drug-likeness (QED) is 0.108. The second kappa shape index (κ2) is 34.2. The molecule has 0 radical (unpaired) electrons. The van der Waals surface area contributed by atoms with Crippen LogP contribution in [0.15, 0.2) is 261 Å². The van der Waals surface area contributed by atoms with Crippen molar-refractivity contribution < 1.29 is 48.4 Å². The molecule has 0 spiro atoms. The van der Waals surface area contributed by atoms with Crippen molar-refractivity contribution in [3.63, 3.8) is 0 Å². The van der Waals surface area contributed by atoms with Crippen molar-refractivity contribution in [2.24, 2.45) is 33.6 Å². The third kappa shape index (κ3) is 17.7. The van der Waals surface area contributed by atoms with Gasteiger partial charge in [-0.1, -0.05) is 230 Å². The first-order chi connectivity index (χ1) is 59.6. The molecule has 0 bridgehead atoms. The summed E-state index contributed by atoms with van der Waals surface area (Å²) in [6.45, 7) is 2.91. The van der Waals surface area contributed by atoms with Gasteiger partial charge in [0.2, 0.25) is 22.8 Å². The van der Waals surface area contributed by atoms with Gasteiger partial charge in [-0.2, -0.15) is 0 Å². The highest BCUT2D eigenvalue weighted by atomic mass is 14.9. The Morgan fingerprint density at radius 2 is 0.717 bits per heavy atom. The van der Waals surface area contributed by atoms with Gasteiger partial charge in [0.15, 0.2) is 24.8 Å². The summed E-state index contributed by atoms with van der Waals surface area (Å²) in [5.41, 5.74) is 21.9. The Kier molecular flexibility index (Phi) is 17.0. The average Bonchev–Trinajstić information content (AvgIpc) is 0.741. The number of rotatable bonds is 12. The molecule has 4 nitrogen and oxygen atoms in total. The van der Waals surface area contributed by atoms with E-state index in [1.54, 1.807) is 137 Å². The highest BCUT2D eigenvalue weighted by molar-refractivity contribution is 5.82. The maximum absolute atomic E-state index is 9.05. The summed E-state index contributed by atoms with van der Waals surface area (Å²) >= 11 is 0. The minimum atomic E-state index is -2.49. The van der Waals surface area contributed by atoms with E-state index >= 15 is 0 Å². The normalized spacial score (nSPS) is 16.5. The number of nitrogens with zero attached hydrogens (tertiary/aromatic N) is 4. The van der Waals surface area contributed by atoms with Crippen molar-refractivity contribution >= 4 is 0 Å². The number of aromatic nitrogens is 4. The first-order valence-corrected chi connectivity index (χ1v) is 36.5. The van der Waals surface area contributed by atoms with Gasteiger partial charge in [0.1, 0.15) is 28.2 Å². The standard InChI is InChI=1S/C26H30N.C26H24N.C26H32N.C24H28N/c2*1-19-10-7-8-13-23(19)24-14-9-15-25(20(24)2)26-18-22(16-17-27(26)3)21-11-5-4-6-12-21;1-18-11-8-9-12-22(18)23-13-10-14-24(20(23)3)25-15-21(16-26(4,5)6)19(2)17-27(25)7;1-16(2)23-14-24(25(6)15-18(23)4)22-13-9-12-21(19(22)5)20-11-8-7-10-17(20)3/h7-10,13-18,21H,4-6,11-12H2,1-3H3;4-18H,1-3H3;8-15,17H,16H2,1-7H3;7-16H,1-6H3/q4*+1/i1D3,21D;1D3;1D3,2D3,16D2;3D3,4D3,16D. The summed E-state index contributed by atoms with van der Waals surface area (Å²) in [5, 5.41) is 0. The van der Waals surface area contributed by atoms with Crippen molar-refractivity contribution in [1.29, 1.82) is 0 Å². The number of pyridine rings is 4. The second-order valence-corrected chi connectivity index (χ2v) is 29.0. The molecular weight excluding hydrogens is 1280 g/mol. The predicted octanol–water partition coefficient (Wildman–Crippen LogP) is 24.9. The summed E-state index contributed by atoms with van der Waals surface area (Å²) in [4.78, 5) is 0. The lowest BCUT2D eigenvalue weighted by atomic mass is 9.83. The molecule has 1 aliphatic carbocycles. The van der Waals surface area contributed by atoms with E-state index in [-0.39, 0.29) is 27.8 Å². The molecular formula is C102H114N4+4. The lowest BCUT2D eigenvalue weighted by molar-refractivity contribution is -0.660. The van der Waals surface area contributed by atoms with Crippen LogP contribution in [0.1, 0.15) is 181 Å². The highest BCUT2D eigenvalue weighted by Gasteiger charge is 2.26. The van der Waals surface area contributed by atoms with Crippen LogP contribution in [0.3, 0.4) is 0 Å². The zero-order chi connectivity index (χ0) is 94.1. The van der Waals surface area contributed by atoms with Crippen molar-refractivity contribution in [2.45, 2.75) is 154 Å². The van der Waals surface area contributed by atoms with Gasteiger partial charge in [-0.25, -0.2) is 18.3 Å². The van der Waals surface area contributed by atoms with Gasteiger partial charge < -0.3 is 0 Å². The highest BCUT2D eigenvalue weighted by Crippen LogP contribution is 2.40. The van der Waals surface area contributed by atoms with E-state index in [1.165, 1.54) is 18.2 Å². The summed E-state index contributed by atoms with van der Waals surface area (Å²) in [5.74, 6) is -1.62. The van der Waals surface area contributed by atoms with Crippen LogP contribution in [-0.2, 0) is 34.6 Å². The fourth-order valence-electron chi connectivity index (χ4n) is 14.4. The topological polar surface area (TPSA) is 15.5 Å². The number of benzene rings is 9. The van der Waals surface area contributed by atoms with Crippen molar-refractivity contribution in [1.82, 2.24) is 0 Å². The largest absolute Gasteiger partial charge is 0.213 e. The van der Waals surface area contributed by atoms with Crippen LogP contribution >= 0.6 is 0 Å².